The lowest BCUT2D eigenvalue weighted by molar-refractivity contribution is 0.0785. The summed E-state index contributed by atoms with van der Waals surface area (Å²) >= 11 is 0. The summed E-state index contributed by atoms with van der Waals surface area (Å²) in [6.45, 7) is 1.20. The fraction of sp³-hybridized carbons (Fsp3) is 0.538. The van der Waals surface area contributed by atoms with Gasteiger partial charge in [0.25, 0.3) is 0 Å². The van der Waals surface area contributed by atoms with Gasteiger partial charge in [-0.1, -0.05) is 30.3 Å². The van der Waals surface area contributed by atoms with Crippen LogP contribution in [0.4, 0.5) is 0 Å². The molecule has 3 heteroatoms. The van der Waals surface area contributed by atoms with Gasteiger partial charge in [0.15, 0.2) is 0 Å². The van der Waals surface area contributed by atoms with Gasteiger partial charge in [0, 0.05) is 6.61 Å². The lowest BCUT2D eigenvalue weighted by Crippen LogP contribution is -2.11. The zero-order valence-corrected chi connectivity index (χ0v) is 9.51. The van der Waals surface area contributed by atoms with E-state index in [1.54, 1.807) is 0 Å². The quantitative estimate of drug-likeness (QED) is 0.661. The molecule has 1 aromatic rings. The Bertz CT molecular complexity index is 261. The normalized spacial score (nSPS) is 12.6. The predicted molar refractivity (Wildman–Crippen MR) is 63.0 cm³/mol. The van der Waals surface area contributed by atoms with Crippen molar-refractivity contribution in [2.45, 2.75) is 32.0 Å². The Hall–Kier alpha value is -0.900. The minimum absolute atomic E-state index is 0.148. The van der Waals surface area contributed by atoms with Crippen molar-refractivity contribution in [1.82, 2.24) is 0 Å². The molecule has 1 aromatic carbocycles. The molecule has 3 nitrogen and oxygen atoms in total. The van der Waals surface area contributed by atoms with E-state index in [-0.39, 0.29) is 6.61 Å². The van der Waals surface area contributed by atoms with E-state index in [0.717, 1.165) is 12.8 Å². The summed E-state index contributed by atoms with van der Waals surface area (Å²) in [4.78, 5) is 0. The molecule has 0 saturated heterocycles. The van der Waals surface area contributed by atoms with Gasteiger partial charge in [-0.3, -0.25) is 0 Å². The van der Waals surface area contributed by atoms with E-state index in [1.165, 1.54) is 5.56 Å². The van der Waals surface area contributed by atoms with Crippen LogP contribution < -0.4 is 0 Å². The van der Waals surface area contributed by atoms with Crippen molar-refractivity contribution >= 4 is 0 Å². The zero-order chi connectivity index (χ0) is 11.6. The molecule has 0 spiro atoms. The molecule has 2 N–H and O–H groups in total. The van der Waals surface area contributed by atoms with Crippen LogP contribution in [-0.4, -0.2) is 29.5 Å². The fourth-order valence-corrected chi connectivity index (χ4v) is 1.44. The highest BCUT2D eigenvalue weighted by Crippen LogP contribution is 2.04. The van der Waals surface area contributed by atoms with E-state index in [0.29, 0.717) is 19.6 Å². The monoisotopic (exact) mass is 224 g/mol. The molecule has 1 rings (SSSR count). The molecule has 0 amide bonds. The average molecular weight is 224 g/mol. The summed E-state index contributed by atoms with van der Waals surface area (Å²) in [5, 5.41) is 17.7. The third-order valence-corrected chi connectivity index (χ3v) is 2.40. The van der Waals surface area contributed by atoms with E-state index in [4.69, 9.17) is 14.9 Å². The van der Waals surface area contributed by atoms with Gasteiger partial charge in [0.1, 0.15) is 0 Å². The summed E-state index contributed by atoms with van der Waals surface area (Å²) in [5.74, 6) is 0. The molecule has 1 atom stereocenters. The molecular weight excluding hydrogens is 204 g/mol. The molecule has 0 bridgehead atoms. The Balaban J connectivity index is 1.96. The summed E-state index contributed by atoms with van der Waals surface area (Å²) in [6, 6.07) is 10.1. The van der Waals surface area contributed by atoms with Crippen LogP contribution >= 0.6 is 0 Å². The van der Waals surface area contributed by atoms with Crippen LogP contribution in [0.3, 0.4) is 0 Å². The van der Waals surface area contributed by atoms with Crippen LogP contribution in [0.2, 0.25) is 0 Å². The number of unbranched alkanes of at least 4 members (excludes halogenated alkanes) is 1. The average Bonchev–Trinajstić information content (AvgIpc) is 2.34. The highest BCUT2D eigenvalue weighted by molar-refractivity contribution is 5.13. The number of hydrogen-bond acceptors (Lipinski definition) is 3. The van der Waals surface area contributed by atoms with Crippen LogP contribution in [0.15, 0.2) is 30.3 Å². The van der Waals surface area contributed by atoms with Gasteiger partial charge in [-0.05, 0) is 24.8 Å². The molecule has 90 valence electrons. The molecule has 0 heterocycles. The van der Waals surface area contributed by atoms with Crippen molar-refractivity contribution in [2.75, 3.05) is 13.2 Å². The zero-order valence-electron chi connectivity index (χ0n) is 9.51. The Labute approximate surface area is 96.7 Å². The molecule has 1 unspecified atom stereocenters. The maximum Gasteiger partial charge on any atom is 0.0771 e. The second-order valence-electron chi connectivity index (χ2n) is 3.87. The molecule has 0 aliphatic rings. The fourth-order valence-electron chi connectivity index (χ4n) is 1.44. The Kier molecular flexibility index (Phi) is 6.81. The van der Waals surface area contributed by atoms with E-state index in [9.17, 15) is 0 Å². The maximum absolute atomic E-state index is 9.10. The minimum atomic E-state index is -0.575. The van der Waals surface area contributed by atoms with Gasteiger partial charge in [0.05, 0.1) is 19.3 Å². The summed E-state index contributed by atoms with van der Waals surface area (Å²) in [5.41, 5.74) is 1.18. The van der Waals surface area contributed by atoms with Crippen LogP contribution in [-0.2, 0) is 11.3 Å². The first-order valence-corrected chi connectivity index (χ1v) is 5.73. The molecular formula is C13H20O3. The first-order chi connectivity index (χ1) is 7.83. The van der Waals surface area contributed by atoms with E-state index >= 15 is 0 Å². The van der Waals surface area contributed by atoms with Gasteiger partial charge in [-0.15, -0.1) is 0 Å². The molecule has 0 aliphatic heterocycles. The summed E-state index contributed by atoms with van der Waals surface area (Å²) in [6.07, 6.45) is 1.88. The van der Waals surface area contributed by atoms with Gasteiger partial charge >= 0.3 is 0 Å². The maximum atomic E-state index is 9.10. The smallest absolute Gasteiger partial charge is 0.0771 e. The third-order valence-electron chi connectivity index (χ3n) is 2.40. The summed E-state index contributed by atoms with van der Waals surface area (Å²) < 4.78 is 5.49. The van der Waals surface area contributed by atoms with Crippen molar-refractivity contribution in [3.63, 3.8) is 0 Å². The topological polar surface area (TPSA) is 49.7 Å². The number of aliphatic hydroxyl groups excluding tert-OH is 2. The lowest BCUT2D eigenvalue weighted by Gasteiger charge is -2.07. The number of hydrogen-bond donors (Lipinski definition) is 2. The van der Waals surface area contributed by atoms with Gasteiger partial charge in [-0.25, -0.2) is 0 Å². The highest BCUT2D eigenvalue weighted by Gasteiger charge is 2.00. The molecule has 0 fully saturated rings. The standard InChI is InChI=1S/C13H20O3/c14-10-13(15)8-4-5-9-16-11-12-6-2-1-3-7-12/h1-3,6-7,13-15H,4-5,8-11H2. The number of benzene rings is 1. The SMILES string of the molecule is OCC(O)CCCCOCc1ccccc1. The van der Waals surface area contributed by atoms with Crippen LogP contribution in [0.1, 0.15) is 24.8 Å². The Morgan fingerprint density at radius 2 is 1.88 bits per heavy atom. The minimum Gasteiger partial charge on any atom is -0.394 e. The molecule has 16 heavy (non-hydrogen) atoms. The molecule has 0 radical (unpaired) electrons. The van der Waals surface area contributed by atoms with Crippen LogP contribution in [0, 0.1) is 0 Å². The van der Waals surface area contributed by atoms with E-state index in [2.05, 4.69) is 0 Å². The van der Waals surface area contributed by atoms with Gasteiger partial charge < -0.3 is 14.9 Å². The van der Waals surface area contributed by atoms with E-state index < -0.39 is 6.10 Å². The van der Waals surface area contributed by atoms with Crippen molar-refractivity contribution in [1.29, 1.82) is 0 Å². The van der Waals surface area contributed by atoms with Gasteiger partial charge in [0.2, 0.25) is 0 Å². The van der Waals surface area contributed by atoms with Crippen molar-refractivity contribution in [2.24, 2.45) is 0 Å². The molecule has 0 aromatic heterocycles. The number of ether oxygens (including phenoxy) is 1. The second kappa shape index (κ2) is 8.28. The highest BCUT2D eigenvalue weighted by atomic mass is 16.5. The van der Waals surface area contributed by atoms with Crippen molar-refractivity contribution in [3.8, 4) is 0 Å². The third kappa shape index (κ3) is 5.85. The molecule has 0 aliphatic carbocycles. The first kappa shape index (κ1) is 13.2. The van der Waals surface area contributed by atoms with Crippen LogP contribution in [0.25, 0.3) is 0 Å². The van der Waals surface area contributed by atoms with Crippen molar-refractivity contribution < 1.29 is 14.9 Å². The lowest BCUT2D eigenvalue weighted by atomic mass is 10.2. The van der Waals surface area contributed by atoms with E-state index in [1.807, 2.05) is 30.3 Å². The van der Waals surface area contributed by atoms with Crippen LogP contribution in [0.5, 0.6) is 0 Å². The largest absolute Gasteiger partial charge is 0.394 e. The Morgan fingerprint density at radius 1 is 1.12 bits per heavy atom. The Morgan fingerprint density at radius 3 is 2.56 bits per heavy atom. The predicted octanol–water partition coefficient (Wildman–Crippen LogP) is 1.73. The first-order valence-electron chi connectivity index (χ1n) is 5.73. The van der Waals surface area contributed by atoms with Crippen molar-refractivity contribution in [3.05, 3.63) is 35.9 Å². The molecule has 0 saturated carbocycles. The van der Waals surface area contributed by atoms with Gasteiger partial charge in [-0.2, -0.15) is 0 Å². The summed E-state index contributed by atoms with van der Waals surface area (Å²) in [7, 11) is 0. The second-order valence-corrected chi connectivity index (χ2v) is 3.87. The number of rotatable bonds is 8. The number of aliphatic hydroxyl groups is 2.